The Hall–Kier alpha value is -3.27. The molecule has 3 rings (SSSR count). The van der Waals surface area contributed by atoms with Gasteiger partial charge in [-0.2, -0.15) is 10.2 Å². The number of aromatic nitrogens is 4. The van der Waals surface area contributed by atoms with Crippen molar-refractivity contribution in [1.82, 2.24) is 24.9 Å². The van der Waals surface area contributed by atoms with E-state index in [-0.39, 0.29) is 5.91 Å². The lowest BCUT2D eigenvalue weighted by Gasteiger charge is -2.17. The van der Waals surface area contributed by atoms with Gasteiger partial charge in [0.05, 0.1) is 37.3 Å². The summed E-state index contributed by atoms with van der Waals surface area (Å²) < 4.78 is 7.22. The molecule has 134 valence electrons. The largest absolute Gasteiger partial charge is 0.467 e. The van der Waals surface area contributed by atoms with Gasteiger partial charge in [-0.05, 0) is 45.0 Å². The van der Waals surface area contributed by atoms with Crippen molar-refractivity contribution >= 4 is 5.91 Å². The van der Waals surface area contributed by atoms with E-state index in [0.717, 1.165) is 17.1 Å². The first-order valence-electron chi connectivity index (χ1n) is 8.33. The Bertz CT molecular complexity index is 940. The van der Waals surface area contributed by atoms with Gasteiger partial charge in [0.25, 0.3) is 5.91 Å². The van der Waals surface area contributed by atoms with Crippen LogP contribution in [0.15, 0.2) is 34.9 Å². The molecule has 0 atom stereocenters. The number of nitrogens with zero attached hydrogens (tertiary/aromatic N) is 4. The van der Waals surface area contributed by atoms with Gasteiger partial charge < -0.3 is 9.32 Å². The van der Waals surface area contributed by atoms with Crippen LogP contribution in [0.1, 0.15) is 40.3 Å². The van der Waals surface area contributed by atoms with E-state index in [1.54, 1.807) is 30.2 Å². The van der Waals surface area contributed by atoms with Crippen LogP contribution in [0.3, 0.4) is 0 Å². The molecular weight excluding hydrogens is 330 g/mol. The minimum atomic E-state index is -0.194. The molecule has 0 bridgehead atoms. The second kappa shape index (κ2) is 7.74. The number of hydrogen-bond donors (Lipinski definition) is 1. The molecule has 0 saturated carbocycles. The van der Waals surface area contributed by atoms with E-state index < -0.39 is 0 Å². The van der Waals surface area contributed by atoms with Gasteiger partial charge in [0, 0.05) is 5.69 Å². The van der Waals surface area contributed by atoms with Crippen molar-refractivity contribution in [1.29, 1.82) is 0 Å². The molecule has 0 aliphatic heterocycles. The molecule has 3 aromatic heterocycles. The number of amides is 1. The van der Waals surface area contributed by atoms with E-state index in [9.17, 15) is 4.79 Å². The molecule has 0 aromatic carbocycles. The zero-order valence-electron chi connectivity index (χ0n) is 15.1. The summed E-state index contributed by atoms with van der Waals surface area (Å²) in [6, 6.07) is 7.40. The van der Waals surface area contributed by atoms with Crippen LogP contribution < -0.4 is 0 Å². The predicted molar refractivity (Wildman–Crippen MR) is 96.3 cm³/mol. The average molecular weight is 351 g/mol. The van der Waals surface area contributed by atoms with Gasteiger partial charge in [-0.25, -0.2) is 0 Å². The maximum atomic E-state index is 12.8. The molecule has 0 aliphatic rings. The van der Waals surface area contributed by atoms with Gasteiger partial charge in [-0.15, -0.1) is 5.92 Å². The second-order valence-electron chi connectivity index (χ2n) is 6.03. The number of hydrogen-bond acceptors (Lipinski definition) is 4. The Labute approximate surface area is 152 Å². The third kappa shape index (κ3) is 4.03. The molecular formula is C19H21N5O2. The number of furan rings is 1. The van der Waals surface area contributed by atoms with Gasteiger partial charge in [-0.1, -0.05) is 5.92 Å². The summed E-state index contributed by atoms with van der Waals surface area (Å²) in [7, 11) is 0. The molecule has 0 saturated heterocycles. The molecule has 3 aromatic rings. The topological polar surface area (TPSA) is 80.0 Å². The van der Waals surface area contributed by atoms with E-state index in [1.165, 1.54) is 0 Å². The van der Waals surface area contributed by atoms with Crippen LogP contribution in [0.2, 0.25) is 0 Å². The highest BCUT2D eigenvalue weighted by molar-refractivity contribution is 5.92. The van der Waals surface area contributed by atoms with Gasteiger partial charge in [0.1, 0.15) is 5.76 Å². The summed E-state index contributed by atoms with van der Waals surface area (Å²) in [5.74, 6) is 6.25. The van der Waals surface area contributed by atoms with Crippen molar-refractivity contribution in [2.24, 2.45) is 0 Å². The van der Waals surface area contributed by atoms with Gasteiger partial charge >= 0.3 is 0 Å². The number of carbonyl (C=O) groups excluding carboxylic acids is 1. The fourth-order valence-corrected chi connectivity index (χ4v) is 2.68. The molecule has 7 nitrogen and oxygen atoms in total. The fraction of sp³-hybridized carbons (Fsp3) is 0.316. The summed E-state index contributed by atoms with van der Waals surface area (Å²) in [5, 5.41) is 11.5. The van der Waals surface area contributed by atoms with Crippen molar-refractivity contribution in [2.45, 2.75) is 33.9 Å². The minimum absolute atomic E-state index is 0.194. The zero-order chi connectivity index (χ0) is 18.5. The number of aryl methyl sites for hydroxylation is 2. The van der Waals surface area contributed by atoms with E-state index in [2.05, 4.69) is 27.1 Å². The van der Waals surface area contributed by atoms with E-state index >= 15 is 0 Å². The molecule has 0 unspecified atom stereocenters. The van der Waals surface area contributed by atoms with Crippen LogP contribution >= 0.6 is 0 Å². The maximum absolute atomic E-state index is 12.8. The molecule has 1 amide bonds. The lowest BCUT2D eigenvalue weighted by molar-refractivity contribution is 0.0749. The van der Waals surface area contributed by atoms with Gasteiger partial charge in [0.2, 0.25) is 0 Å². The first-order chi connectivity index (χ1) is 12.6. The standard InChI is InChI=1S/C19H21N5O2/c1-4-5-8-23(13-17-7-6-9-26-17)19(25)18-11-16(20-21-18)12-24-15(3)10-14(2)22-24/h6-7,9-11H,8,12-13H2,1-3H3,(H,20,21). The maximum Gasteiger partial charge on any atom is 0.275 e. The van der Waals surface area contributed by atoms with Crippen LogP contribution in [0, 0.1) is 25.7 Å². The summed E-state index contributed by atoms with van der Waals surface area (Å²) in [6.45, 7) is 6.89. The lowest BCUT2D eigenvalue weighted by Crippen LogP contribution is -2.31. The first kappa shape index (κ1) is 17.5. The van der Waals surface area contributed by atoms with E-state index in [1.807, 2.05) is 30.7 Å². The van der Waals surface area contributed by atoms with Gasteiger partial charge in [0.15, 0.2) is 5.69 Å². The molecule has 0 fully saturated rings. The summed E-state index contributed by atoms with van der Waals surface area (Å²) in [4.78, 5) is 14.4. The third-order valence-electron chi connectivity index (χ3n) is 3.93. The number of carbonyl (C=O) groups is 1. The predicted octanol–water partition coefficient (Wildman–Crippen LogP) is 2.53. The van der Waals surface area contributed by atoms with E-state index in [4.69, 9.17) is 4.42 Å². The first-order valence-corrected chi connectivity index (χ1v) is 8.33. The summed E-state index contributed by atoms with van der Waals surface area (Å²) in [6.07, 6.45) is 1.59. The van der Waals surface area contributed by atoms with Crippen LogP contribution in [-0.2, 0) is 13.1 Å². The normalized spacial score (nSPS) is 10.4. The quantitative estimate of drug-likeness (QED) is 0.692. The highest BCUT2D eigenvalue weighted by Gasteiger charge is 2.19. The summed E-state index contributed by atoms with van der Waals surface area (Å²) in [5.41, 5.74) is 3.19. The van der Waals surface area contributed by atoms with Crippen molar-refractivity contribution in [3.63, 3.8) is 0 Å². The SMILES string of the molecule is CC#CCN(Cc1ccco1)C(=O)c1cc(Cn2nc(C)cc2C)[nH]n1. The van der Waals surface area contributed by atoms with Crippen molar-refractivity contribution in [3.8, 4) is 11.8 Å². The number of rotatable bonds is 6. The van der Waals surface area contributed by atoms with E-state index in [0.29, 0.717) is 31.1 Å². The highest BCUT2D eigenvalue weighted by atomic mass is 16.3. The second-order valence-corrected chi connectivity index (χ2v) is 6.03. The van der Waals surface area contributed by atoms with Crippen LogP contribution in [0.5, 0.6) is 0 Å². The molecule has 0 radical (unpaired) electrons. The molecule has 0 aliphatic carbocycles. The van der Waals surface area contributed by atoms with Crippen LogP contribution in [-0.4, -0.2) is 37.3 Å². The smallest absolute Gasteiger partial charge is 0.275 e. The Morgan fingerprint density at radius 2 is 2.23 bits per heavy atom. The zero-order valence-corrected chi connectivity index (χ0v) is 15.1. The van der Waals surface area contributed by atoms with Crippen molar-refractivity contribution < 1.29 is 9.21 Å². The van der Waals surface area contributed by atoms with Crippen LogP contribution in [0.25, 0.3) is 0 Å². The molecule has 7 heteroatoms. The minimum Gasteiger partial charge on any atom is -0.467 e. The fourth-order valence-electron chi connectivity index (χ4n) is 2.68. The Morgan fingerprint density at radius 3 is 2.88 bits per heavy atom. The molecule has 26 heavy (non-hydrogen) atoms. The van der Waals surface area contributed by atoms with Crippen LogP contribution in [0.4, 0.5) is 0 Å². The van der Waals surface area contributed by atoms with Crippen molar-refractivity contribution in [2.75, 3.05) is 6.54 Å². The number of nitrogens with one attached hydrogen (secondary N) is 1. The molecule has 3 heterocycles. The lowest BCUT2D eigenvalue weighted by atomic mass is 10.3. The Balaban J connectivity index is 1.75. The number of aromatic amines is 1. The number of H-pyrrole nitrogens is 1. The highest BCUT2D eigenvalue weighted by Crippen LogP contribution is 2.11. The molecule has 0 spiro atoms. The Morgan fingerprint density at radius 1 is 1.38 bits per heavy atom. The summed E-state index contributed by atoms with van der Waals surface area (Å²) >= 11 is 0. The monoisotopic (exact) mass is 351 g/mol. The average Bonchev–Trinajstić information content (AvgIpc) is 3.34. The third-order valence-corrected chi connectivity index (χ3v) is 3.93. The Kier molecular flexibility index (Phi) is 5.23. The van der Waals surface area contributed by atoms with Crippen molar-refractivity contribution in [3.05, 3.63) is 59.1 Å². The van der Waals surface area contributed by atoms with Gasteiger partial charge in [-0.3, -0.25) is 14.6 Å². The molecule has 1 N–H and O–H groups in total.